The molecule has 0 amide bonds. The third-order valence-corrected chi connectivity index (χ3v) is 4.60. The number of hydrogen-bond acceptors (Lipinski definition) is 4. The van der Waals surface area contributed by atoms with Gasteiger partial charge in [0.15, 0.2) is 0 Å². The second-order valence-electron chi connectivity index (χ2n) is 4.71. The number of hydrogen-bond donors (Lipinski definition) is 3. The largest absolute Gasteiger partial charge is 0.347 e. The predicted molar refractivity (Wildman–Crippen MR) is 81.1 cm³/mol. The van der Waals surface area contributed by atoms with E-state index in [1.807, 2.05) is 26.0 Å². The SMILES string of the molecule is CCNC(C)c1ccc(S(=O)(=O)NCc2ncc[nH]2)cc1. The standard InChI is InChI=1S/C14H20N4O2S/c1-3-15-11(2)12-4-6-13(7-5-12)21(19,20)18-10-14-16-8-9-17-14/h4-9,11,15,18H,3,10H2,1-2H3,(H,16,17). The smallest absolute Gasteiger partial charge is 0.240 e. The molecule has 2 aromatic rings. The molecule has 1 atom stereocenters. The van der Waals surface area contributed by atoms with Gasteiger partial charge < -0.3 is 10.3 Å². The molecular formula is C14H20N4O2S. The highest BCUT2D eigenvalue weighted by Crippen LogP contribution is 2.16. The molecule has 0 saturated carbocycles. The van der Waals surface area contributed by atoms with Crippen LogP contribution in [0.4, 0.5) is 0 Å². The van der Waals surface area contributed by atoms with Crippen LogP contribution < -0.4 is 10.0 Å². The van der Waals surface area contributed by atoms with Crippen LogP contribution in [0.25, 0.3) is 0 Å². The average Bonchev–Trinajstić information content (AvgIpc) is 2.99. The van der Waals surface area contributed by atoms with E-state index in [4.69, 9.17) is 0 Å². The summed E-state index contributed by atoms with van der Waals surface area (Å²) < 4.78 is 26.8. The summed E-state index contributed by atoms with van der Waals surface area (Å²) in [6.07, 6.45) is 3.24. The fourth-order valence-electron chi connectivity index (χ4n) is 2.00. The molecule has 1 heterocycles. The maximum absolute atomic E-state index is 12.2. The van der Waals surface area contributed by atoms with Gasteiger partial charge in [-0.25, -0.2) is 18.1 Å². The number of nitrogens with zero attached hydrogens (tertiary/aromatic N) is 1. The zero-order valence-electron chi connectivity index (χ0n) is 12.1. The van der Waals surface area contributed by atoms with Gasteiger partial charge in [0.1, 0.15) is 5.82 Å². The van der Waals surface area contributed by atoms with Gasteiger partial charge in [0.05, 0.1) is 11.4 Å². The predicted octanol–water partition coefficient (Wildman–Crippen LogP) is 1.56. The molecule has 1 unspecified atom stereocenters. The van der Waals surface area contributed by atoms with Gasteiger partial charge in [-0.05, 0) is 31.2 Å². The van der Waals surface area contributed by atoms with E-state index in [2.05, 4.69) is 20.0 Å². The van der Waals surface area contributed by atoms with Crippen molar-refractivity contribution in [2.75, 3.05) is 6.54 Å². The maximum atomic E-state index is 12.2. The Kier molecular flexibility index (Phi) is 5.11. The molecule has 0 spiro atoms. The van der Waals surface area contributed by atoms with E-state index >= 15 is 0 Å². The fourth-order valence-corrected chi connectivity index (χ4v) is 2.99. The summed E-state index contributed by atoms with van der Waals surface area (Å²) in [5, 5.41) is 3.29. The molecule has 6 nitrogen and oxygen atoms in total. The van der Waals surface area contributed by atoms with Gasteiger partial charge in [-0.2, -0.15) is 0 Å². The highest BCUT2D eigenvalue weighted by atomic mass is 32.2. The molecule has 3 N–H and O–H groups in total. The van der Waals surface area contributed by atoms with Gasteiger partial charge >= 0.3 is 0 Å². The van der Waals surface area contributed by atoms with Crippen LogP contribution in [0.1, 0.15) is 31.3 Å². The topological polar surface area (TPSA) is 86.9 Å². The van der Waals surface area contributed by atoms with E-state index in [0.717, 1.165) is 12.1 Å². The van der Waals surface area contributed by atoms with Crippen LogP contribution in [0.2, 0.25) is 0 Å². The van der Waals surface area contributed by atoms with Crippen molar-refractivity contribution in [3.05, 3.63) is 48.0 Å². The van der Waals surface area contributed by atoms with Gasteiger partial charge in [-0.15, -0.1) is 0 Å². The third kappa shape index (κ3) is 4.13. The Bertz CT molecular complexity index is 651. The molecule has 0 bridgehead atoms. The number of sulfonamides is 1. The Labute approximate surface area is 125 Å². The van der Waals surface area contributed by atoms with Crippen LogP contribution in [-0.4, -0.2) is 24.9 Å². The number of aromatic nitrogens is 2. The molecule has 0 saturated heterocycles. The van der Waals surface area contributed by atoms with Crippen molar-refractivity contribution in [3.63, 3.8) is 0 Å². The normalized spacial score (nSPS) is 13.2. The van der Waals surface area contributed by atoms with E-state index in [-0.39, 0.29) is 17.5 Å². The van der Waals surface area contributed by atoms with Crippen LogP contribution in [0, 0.1) is 0 Å². The van der Waals surface area contributed by atoms with Crippen LogP contribution >= 0.6 is 0 Å². The van der Waals surface area contributed by atoms with Crippen molar-refractivity contribution >= 4 is 10.0 Å². The summed E-state index contributed by atoms with van der Waals surface area (Å²) in [7, 11) is -3.52. The molecule has 7 heteroatoms. The van der Waals surface area contributed by atoms with E-state index in [1.165, 1.54) is 0 Å². The first-order valence-electron chi connectivity index (χ1n) is 6.84. The Morgan fingerprint density at radius 2 is 2.00 bits per heavy atom. The lowest BCUT2D eigenvalue weighted by Gasteiger charge is -2.13. The number of rotatable bonds is 7. The van der Waals surface area contributed by atoms with Crippen molar-refractivity contribution in [3.8, 4) is 0 Å². The number of aromatic amines is 1. The van der Waals surface area contributed by atoms with Crippen molar-refractivity contribution in [1.29, 1.82) is 0 Å². The van der Waals surface area contributed by atoms with Gasteiger partial charge in [0.25, 0.3) is 0 Å². The molecule has 0 fully saturated rings. The van der Waals surface area contributed by atoms with Gasteiger partial charge in [0.2, 0.25) is 10.0 Å². The van der Waals surface area contributed by atoms with Crippen molar-refractivity contribution in [2.45, 2.75) is 31.3 Å². The zero-order chi connectivity index (χ0) is 15.3. The minimum atomic E-state index is -3.52. The maximum Gasteiger partial charge on any atom is 0.240 e. The number of H-pyrrole nitrogens is 1. The average molecular weight is 308 g/mol. The lowest BCUT2D eigenvalue weighted by molar-refractivity contribution is 0.578. The van der Waals surface area contributed by atoms with Crippen LogP contribution in [0.15, 0.2) is 41.6 Å². The molecule has 0 aliphatic heterocycles. The first-order valence-corrected chi connectivity index (χ1v) is 8.32. The second-order valence-corrected chi connectivity index (χ2v) is 6.48. The summed E-state index contributed by atoms with van der Waals surface area (Å²) in [5.41, 5.74) is 1.06. The summed E-state index contributed by atoms with van der Waals surface area (Å²) in [6.45, 7) is 5.09. The molecule has 21 heavy (non-hydrogen) atoms. The Balaban J connectivity index is 2.06. The van der Waals surface area contributed by atoms with E-state index in [9.17, 15) is 8.42 Å². The van der Waals surface area contributed by atoms with Crippen molar-refractivity contribution in [2.24, 2.45) is 0 Å². The molecule has 1 aromatic heterocycles. The lowest BCUT2D eigenvalue weighted by atomic mass is 10.1. The highest BCUT2D eigenvalue weighted by Gasteiger charge is 2.14. The Morgan fingerprint density at radius 3 is 2.57 bits per heavy atom. The Hall–Kier alpha value is -1.70. The van der Waals surface area contributed by atoms with Crippen LogP contribution in [0.3, 0.4) is 0 Å². The molecule has 114 valence electrons. The van der Waals surface area contributed by atoms with Crippen molar-refractivity contribution in [1.82, 2.24) is 20.0 Å². The Morgan fingerprint density at radius 1 is 1.29 bits per heavy atom. The number of nitrogens with one attached hydrogen (secondary N) is 3. The van der Waals surface area contributed by atoms with Crippen molar-refractivity contribution < 1.29 is 8.42 Å². The summed E-state index contributed by atoms with van der Waals surface area (Å²) in [5.74, 6) is 0.580. The molecule has 0 aliphatic carbocycles. The summed E-state index contributed by atoms with van der Waals surface area (Å²) in [6, 6.07) is 7.09. The molecule has 1 aromatic carbocycles. The molecular weight excluding hydrogens is 288 g/mol. The van der Waals surface area contributed by atoms with Gasteiger partial charge in [-0.1, -0.05) is 19.1 Å². The third-order valence-electron chi connectivity index (χ3n) is 3.19. The minimum Gasteiger partial charge on any atom is -0.347 e. The quantitative estimate of drug-likeness (QED) is 0.724. The zero-order valence-corrected chi connectivity index (χ0v) is 12.9. The summed E-state index contributed by atoms with van der Waals surface area (Å²) >= 11 is 0. The lowest BCUT2D eigenvalue weighted by Crippen LogP contribution is -2.24. The molecule has 0 aliphatic rings. The second kappa shape index (κ2) is 6.84. The van der Waals surface area contributed by atoms with Crippen LogP contribution in [-0.2, 0) is 16.6 Å². The van der Waals surface area contributed by atoms with Gasteiger partial charge in [0, 0.05) is 18.4 Å². The van der Waals surface area contributed by atoms with Gasteiger partial charge in [-0.3, -0.25) is 0 Å². The number of imidazole rings is 1. The summed E-state index contributed by atoms with van der Waals surface area (Å²) in [4.78, 5) is 7.08. The van der Waals surface area contributed by atoms with E-state index < -0.39 is 10.0 Å². The number of benzene rings is 1. The highest BCUT2D eigenvalue weighted by molar-refractivity contribution is 7.89. The first-order chi connectivity index (χ1) is 10.0. The fraction of sp³-hybridized carbons (Fsp3) is 0.357. The molecule has 0 radical (unpaired) electrons. The van der Waals surface area contributed by atoms with E-state index in [1.54, 1.807) is 24.5 Å². The minimum absolute atomic E-state index is 0.144. The monoisotopic (exact) mass is 308 g/mol. The van der Waals surface area contributed by atoms with Crippen LogP contribution in [0.5, 0.6) is 0 Å². The van der Waals surface area contributed by atoms with E-state index in [0.29, 0.717) is 5.82 Å². The molecule has 2 rings (SSSR count). The first kappa shape index (κ1) is 15.7.